The van der Waals surface area contributed by atoms with E-state index in [9.17, 15) is 9.00 Å². The molecule has 110 valence electrons. The van der Waals surface area contributed by atoms with E-state index in [1.54, 1.807) is 6.26 Å². The summed E-state index contributed by atoms with van der Waals surface area (Å²) >= 11 is 4.99. The summed E-state index contributed by atoms with van der Waals surface area (Å²) in [6.07, 6.45) is 2.08. The molecule has 0 heterocycles. The molecule has 1 rings (SSSR count). The largest absolute Gasteiger partial charge is 0.393 e. The molecule has 0 aliphatic rings. The van der Waals surface area contributed by atoms with Crippen molar-refractivity contribution in [3.8, 4) is 0 Å². The molecule has 0 bridgehead atoms. The summed E-state index contributed by atoms with van der Waals surface area (Å²) in [5, 5.41) is 2.81. The van der Waals surface area contributed by atoms with E-state index in [1.165, 1.54) is 0 Å². The molecule has 1 aromatic rings. The van der Waals surface area contributed by atoms with Gasteiger partial charge < -0.3 is 11.1 Å². The van der Waals surface area contributed by atoms with Gasteiger partial charge in [0, 0.05) is 28.9 Å². The van der Waals surface area contributed by atoms with Gasteiger partial charge in [-0.05, 0) is 18.9 Å². The third-order valence-electron chi connectivity index (χ3n) is 2.82. The maximum atomic E-state index is 12.2. The van der Waals surface area contributed by atoms with Crippen molar-refractivity contribution in [1.82, 2.24) is 5.32 Å². The summed E-state index contributed by atoms with van der Waals surface area (Å²) in [5.74, 6) is -0.333. The minimum absolute atomic E-state index is 0.166. The fraction of sp³-hybridized carbons (Fsp3) is 0.429. The number of nitrogens with two attached hydrogens (primary N) is 1. The molecule has 6 heteroatoms. The van der Waals surface area contributed by atoms with Crippen LogP contribution in [0.3, 0.4) is 0 Å². The van der Waals surface area contributed by atoms with Gasteiger partial charge in [-0.1, -0.05) is 42.5 Å². The van der Waals surface area contributed by atoms with Crippen LogP contribution in [0.2, 0.25) is 0 Å². The lowest BCUT2D eigenvalue weighted by atomic mass is 9.98. The highest BCUT2D eigenvalue weighted by atomic mass is 32.2. The van der Waals surface area contributed by atoms with Gasteiger partial charge in [0.15, 0.2) is 0 Å². The number of nitrogens with one attached hydrogen (secondary N) is 1. The van der Waals surface area contributed by atoms with E-state index in [2.05, 4.69) is 5.32 Å². The SMILES string of the molecule is CC(CS(C)=O)NC(=O)C(Cc1ccccc1)C(N)=S. The predicted octanol–water partition coefficient (Wildman–Crippen LogP) is 1.01. The van der Waals surface area contributed by atoms with E-state index in [1.807, 2.05) is 37.3 Å². The molecule has 0 aromatic heterocycles. The van der Waals surface area contributed by atoms with Gasteiger partial charge in [-0.25, -0.2) is 0 Å². The summed E-state index contributed by atoms with van der Waals surface area (Å²) < 4.78 is 11.1. The monoisotopic (exact) mass is 312 g/mol. The fourth-order valence-corrected chi connectivity index (χ4v) is 2.89. The van der Waals surface area contributed by atoms with Gasteiger partial charge in [0.2, 0.25) is 5.91 Å². The molecule has 0 spiro atoms. The lowest BCUT2D eigenvalue weighted by Gasteiger charge is -2.19. The molecule has 3 atom stereocenters. The minimum Gasteiger partial charge on any atom is -0.393 e. The van der Waals surface area contributed by atoms with Crippen LogP contribution < -0.4 is 11.1 Å². The molecule has 4 nitrogen and oxygen atoms in total. The second kappa shape index (κ2) is 8.11. The molecule has 0 saturated heterocycles. The van der Waals surface area contributed by atoms with Gasteiger partial charge in [0.05, 0.1) is 10.9 Å². The lowest BCUT2D eigenvalue weighted by molar-refractivity contribution is -0.123. The van der Waals surface area contributed by atoms with Crippen LogP contribution in [0.5, 0.6) is 0 Å². The van der Waals surface area contributed by atoms with Crippen molar-refractivity contribution >= 4 is 33.9 Å². The summed E-state index contributed by atoms with van der Waals surface area (Å²) in [4.78, 5) is 12.4. The highest BCUT2D eigenvalue weighted by Crippen LogP contribution is 2.10. The second-order valence-electron chi connectivity index (χ2n) is 4.79. The van der Waals surface area contributed by atoms with Crippen LogP contribution in [0.15, 0.2) is 30.3 Å². The Labute approximate surface area is 127 Å². The molecule has 3 unspecified atom stereocenters. The Kier molecular flexibility index (Phi) is 6.81. The summed E-state index contributed by atoms with van der Waals surface area (Å²) in [7, 11) is -0.953. The van der Waals surface area contributed by atoms with Crippen molar-refractivity contribution in [1.29, 1.82) is 0 Å². The molecule has 3 N–H and O–H groups in total. The Bertz CT molecular complexity index is 491. The van der Waals surface area contributed by atoms with Gasteiger partial charge in [0.25, 0.3) is 0 Å². The van der Waals surface area contributed by atoms with Crippen LogP contribution in [0.1, 0.15) is 12.5 Å². The fourth-order valence-electron chi connectivity index (χ4n) is 1.91. The van der Waals surface area contributed by atoms with Crippen molar-refractivity contribution in [2.75, 3.05) is 12.0 Å². The number of hydrogen-bond acceptors (Lipinski definition) is 3. The molecule has 1 aromatic carbocycles. The van der Waals surface area contributed by atoms with Crippen molar-refractivity contribution < 1.29 is 9.00 Å². The summed E-state index contributed by atoms with van der Waals surface area (Å²) in [5.41, 5.74) is 6.68. The highest BCUT2D eigenvalue weighted by Gasteiger charge is 2.23. The zero-order valence-electron chi connectivity index (χ0n) is 11.7. The first kappa shape index (κ1) is 16.8. The van der Waals surface area contributed by atoms with Gasteiger partial charge in [-0.15, -0.1) is 0 Å². The van der Waals surface area contributed by atoms with E-state index < -0.39 is 16.7 Å². The molecule has 0 aliphatic carbocycles. The van der Waals surface area contributed by atoms with Gasteiger partial charge >= 0.3 is 0 Å². The van der Waals surface area contributed by atoms with Crippen molar-refractivity contribution in [2.24, 2.45) is 11.7 Å². The first-order valence-electron chi connectivity index (χ1n) is 6.33. The first-order chi connectivity index (χ1) is 9.40. The van der Waals surface area contributed by atoms with Crippen molar-refractivity contribution in [2.45, 2.75) is 19.4 Å². The van der Waals surface area contributed by atoms with Crippen LogP contribution in [0.25, 0.3) is 0 Å². The molecular formula is C14H20N2O2S2. The van der Waals surface area contributed by atoms with Crippen molar-refractivity contribution in [3.63, 3.8) is 0 Å². The van der Waals surface area contributed by atoms with Gasteiger partial charge in [-0.3, -0.25) is 9.00 Å². The number of hydrogen-bond donors (Lipinski definition) is 2. The molecular weight excluding hydrogens is 292 g/mol. The number of benzene rings is 1. The maximum absolute atomic E-state index is 12.2. The van der Waals surface area contributed by atoms with Crippen LogP contribution in [0, 0.1) is 5.92 Å². The average molecular weight is 312 g/mol. The second-order valence-corrected chi connectivity index (χ2v) is 6.75. The Balaban J connectivity index is 2.68. The number of carbonyl (C=O) groups is 1. The Morgan fingerprint density at radius 1 is 1.40 bits per heavy atom. The van der Waals surface area contributed by atoms with Crippen LogP contribution in [0.4, 0.5) is 0 Å². The first-order valence-corrected chi connectivity index (χ1v) is 8.47. The molecule has 0 aliphatic heterocycles. The molecule has 20 heavy (non-hydrogen) atoms. The highest BCUT2D eigenvalue weighted by molar-refractivity contribution is 7.84. The number of rotatable bonds is 7. The minimum atomic E-state index is -0.953. The molecule has 0 radical (unpaired) electrons. The van der Waals surface area contributed by atoms with E-state index in [4.69, 9.17) is 18.0 Å². The Morgan fingerprint density at radius 3 is 2.50 bits per heavy atom. The van der Waals surface area contributed by atoms with Crippen LogP contribution in [-0.2, 0) is 22.0 Å². The molecule has 1 amide bonds. The molecule has 0 saturated carbocycles. The van der Waals surface area contributed by atoms with E-state index >= 15 is 0 Å². The van der Waals surface area contributed by atoms with Crippen LogP contribution in [-0.4, -0.2) is 33.2 Å². The lowest BCUT2D eigenvalue weighted by Crippen LogP contribution is -2.44. The zero-order valence-corrected chi connectivity index (χ0v) is 13.3. The standard InChI is InChI=1S/C14H20N2O2S2/c1-10(9-20(2)18)16-14(17)12(13(15)19)8-11-6-4-3-5-7-11/h3-7,10,12H,8-9H2,1-2H3,(H2,15,19)(H,16,17). The third kappa shape index (κ3) is 5.79. The smallest absolute Gasteiger partial charge is 0.230 e. The molecule has 0 fully saturated rings. The predicted molar refractivity (Wildman–Crippen MR) is 87.0 cm³/mol. The van der Waals surface area contributed by atoms with E-state index in [-0.39, 0.29) is 16.9 Å². The topological polar surface area (TPSA) is 72.2 Å². The van der Waals surface area contributed by atoms with Crippen LogP contribution >= 0.6 is 12.2 Å². The zero-order chi connectivity index (χ0) is 15.1. The van der Waals surface area contributed by atoms with Crippen molar-refractivity contribution in [3.05, 3.63) is 35.9 Å². The number of thiocarbonyl (C=S) groups is 1. The number of amides is 1. The van der Waals surface area contributed by atoms with Gasteiger partial charge in [-0.2, -0.15) is 0 Å². The maximum Gasteiger partial charge on any atom is 0.230 e. The third-order valence-corrected chi connectivity index (χ3v) is 4.07. The summed E-state index contributed by atoms with van der Waals surface area (Å²) in [6.45, 7) is 1.82. The Morgan fingerprint density at radius 2 is 2.00 bits per heavy atom. The van der Waals surface area contributed by atoms with Gasteiger partial charge in [0.1, 0.15) is 0 Å². The Hall–Kier alpha value is -1.27. The average Bonchev–Trinajstić information content (AvgIpc) is 2.35. The number of carbonyl (C=O) groups excluding carboxylic acids is 1. The van der Waals surface area contributed by atoms with E-state index in [0.717, 1.165) is 5.56 Å². The summed E-state index contributed by atoms with van der Waals surface area (Å²) in [6, 6.07) is 9.43. The quantitative estimate of drug-likeness (QED) is 0.737. The van der Waals surface area contributed by atoms with E-state index in [0.29, 0.717) is 12.2 Å². The normalized spacial score (nSPS) is 15.1.